The van der Waals surface area contributed by atoms with Gasteiger partial charge in [0.1, 0.15) is 11.9 Å². The van der Waals surface area contributed by atoms with Crippen LogP contribution in [0.1, 0.15) is 30.0 Å². The van der Waals surface area contributed by atoms with Gasteiger partial charge in [0.2, 0.25) is 5.91 Å². The van der Waals surface area contributed by atoms with Gasteiger partial charge in [-0.05, 0) is 24.5 Å². The summed E-state index contributed by atoms with van der Waals surface area (Å²) in [4.78, 5) is 12.7. The molecule has 0 aliphatic carbocycles. The topological polar surface area (TPSA) is 73.6 Å². The number of nitrogens with one attached hydrogen (secondary N) is 1. The van der Waals surface area contributed by atoms with Gasteiger partial charge in [-0.1, -0.05) is 48.5 Å². The Kier molecular flexibility index (Phi) is 7.45. The molecule has 1 saturated heterocycles. The Morgan fingerprint density at radius 1 is 1.19 bits per heavy atom. The zero-order valence-electron chi connectivity index (χ0n) is 14.8. The molecular formula is C20H25ClN2O3. The van der Waals surface area contributed by atoms with Crippen LogP contribution in [-0.4, -0.2) is 31.8 Å². The van der Waals surface area contributed by atoms with Crippen molar-refractivity contribution in [2.75, 3.05) is 13.7 Å². The average Bonchev–Trinajstić information content (AvgIpc) is 3.16. The van der Waals surface area contributed by atoms with Crippen LogP contribution < -0.4 is 15.8 Å². The van der Waals surface area contributed by atoms with E-state index in [1.54, 1.807) is 7.11 Å². The quantitative estimate of drug-likeness (QED) is 0.813. The molecule has 3 rings (SSSR count). The normalized spacial score (nSPS) is 20.1. The van der Waals surface area contributed by atoms with Gasteiger partial charge >= 0.3 is 0 Å². The maximum atomic E-state index is 12.7. The highest BCUT2D eigenvalue weighted by molar-refractivity contribution is 5.85. The molecule has 26 heavy (non-hydrogen) atoms. The van der Waals surface area contributed by atoms with Crippen molar-refractivity contribution in [3.8, 4) is 5.75 Å². The molecule has 1 aliphatic rings. The summed E-state index contributed by atoms with van der Waals surface area (Å²) in [6, 6.07) is 17.3. The van der Waals surface area contributed by atoms with Crippen LogP contribution in [-0.2, 0) is 9.53 Å². The molecule has 1 amide bonds. The van der Waals surface area contributed by atoms with Crippen molar-refractivity contribution < 1.29 is 14.3 Å². The lowest BCUT2D eigenvalue weighted by Crippen LogP contribution is -2.38. The molecule has 2 aromatic rings. The van der Waals surface area contributed by atoms with Crippen LogP contribution in [0, 0.1) is 0 Å². The van der Waals surface area contributed by atoms with Crippen molar-refractivity contribution in [3.63, 3.8) is 0 Å². The summed E-state index contributed by atoms with van der Waals surface area (Å²) >= 11 is 0. The van der Waals surface area contributed by atoms with Crippen LogP contribution >= 0.6 is 12.4 Å². The van der Waals surface area contributed by atoms with Crippen molar-refractivity contribution in [2.45, 2.75) is 31.1 Å². The van der Waals surface area contributed by atoms with Gasteiger partial charge in [-0.2, -0.15) is 0 Å². The van der Waals surface area contributed by atoms with Crippen LogP contribution in [0.2, 0.25) is 0 Å². The molecule has 3 N–H and O–H groups in total. The van der Waals surface area contributed by atoms with E-state index in [0.29, 0.717) is 13.0 Å². The molecule has 1 unspecified atom stereocenters. The molecule has 0 radical (unpaired) electrons. The van der Waals surface area contributed by atoms with Crippen molar-refractivity contribution in [2.24, 2.45) is 5.73 Å². The number of hydrogen-bond acceptors (Lipinski definition) is 4. The molecule has 1 heterocycles. The molecule has 140 valence electrons. The number of ether oxygens (including phenoxy) is 2. The molecule has 0 bridgehead atoms. The van der Waals surface area contributed by atoms with Crippen LogP contribution in [0.25, 0.3) is 0 Å². The maximum Gasteiger partial charge on any atom is 0.249 e. The number of nitrogens with two attached hydrogens (primary N) is 1. The summed E-state index contributed by atoms with van der Waals surface area (Å²) in [6.45, 7) is 0.443. The second-order valence-electron chi connectivity index (χ2n) is 6.15. The number of carbonyl (C=O) groups excluding carboxylic acids is 1. The number of rotatable bonds is 6. The van der Waals surface area contributed by atoms with Crippen LogP contribution in [0.5, 0.6) is 5.75 Å². The van der Waals surface area contributed by atoms with Gasteiger partial charge in [0.05, 0.1) is 19.3 Å². The SMILES string of the molecule is COc1ccccc1C(NC(=O)[C@@H]1CC[C@H](CN)O1)c1ccccc1.Cl. The molecule has 1 fully saturated rings. The van der Waals surface area contributed by atoms with E-state index in [2.05, 4.69) is 5.32 Å². The van der Waals surface area contributed by atoms with Gasteiger partial charge in [-0.25, -0.2) is 0 Å². The van der Waals surface area contributed by atoms with E-state index in [-0.39, 0.29) is 30.5 Å². The lowest BCUT2D eigenvalue weighted by Gasteiger charge is -2.23. The summed E-state index contributed by atoms with van der Waals surface area (Å²) in [6.07, 6.45) is 1.03. The summed E-state index contributed by atoms with van der Waals surface area (Å²) in [5.74, 6) is 0.625. The average molecular weight is 377 g/mol. The second-order valence-corrected chi connectivity index (χ2v) is 6.15. The first kappa shape index (κ1) is 20.2. The lowest BCUT2D eigenvalue weighted by molar-refractivity contribution is -0.132. The first-order valence-electron chi connectivity index (χ1n) is 8.56. The number of methoxy groups -OCH3 is 1. The molecular weight excluding hydrogens is 352 g/mol. The fourth-order valence-corrected chi connectivity index (χ4v) is 3.20. The van der Waals surface area contributed by atoms with E-state index in [1.165, 1.54) is 0 Å². The number of halogens is 1. The molecule has 0 spiro atoms. The van der Waals surface area contributed by atoms with E-state index in [1.807, 2.05) is 54.6 Å². The van der Waals surface area contributed by atoms with Crippen molar-refractivity contribution >= 4 is 18.3 Å². The minimum atomic E-state index is -0.450. The predicted molar refractivity (Wildman–Crippen MR) is 104 cm³/mol. The maximum absolute atomic E-state index is 12.7. The third-order valence-electron chi connectivity index (χ3n) is 4.53. The molecule has 0 aromatic heterocycles. The lowest BCUT2D eigenvalue weighted by atomic mass is 9.97. The van der Waals surface area contributed by atoms with E-state index in [9.17, 15) is 4.79 Å². The standard InChI is InChI=1S/C20H24N2O3.ClH/c1-24-17-10-6-5-9-16(17)19(14-7-3-2-4-8-14)22-20(23)18-12-11-15(13-21)25-18;/h2-10,15,18-19H,11-13,21H2,1H3,(H,22,23);1H/t15-,18+,19?;/m1./s1. The van der Waals surface area contributed by atoms with Gasteiger partial charge in [0.25, 0.3) is 0 Å². The Balaban J connectivity index is 0.00000243. The number of amides is 1. The summed E-state index contributed by atoms with van der Waals surface area (Å²) in [7, 11) is 1.63. The number of para-hydroxylation sites is 1. The Bertz CT molecular complexity index is 711. The minimum absolute atomic E-state index is 0. The van der Waals surface area contributed by atoms with Gasteiger partial charge < -0.3 is 20.5 Å². The van der Waals surface area contributed by atoms with Gasteiger partial charge in [-0.3, -0.25) is 4.79 Å². The zero-order valence-corrected chi connectivity index (χ0v) is 15.6. The first-order chi connectivity index (χ1) is 12.2. The first-order valence-corrected chi connectivity index (χ1v) is 8.56. The van der Waals surface area contributed by atoms with E-state index >= 15 is 0 Å². The van der Waals surface area contributed by atoms with Crippen LogP contribution in [0.4, 0.5) is 0 Å². The Hall–Kier alpha value is -2.08. The van der Waals surface area contributed by atoms with Crippen molar-refractivity contribution in [1.29, 1.82) is 0 Å². The number of hydrogen-bond donors (Lipinski definition) is 2. The Morgan fingerprint density at radius 2 is 1.88 bits per heavy atom. The van der Waals surface area contributed by atoms with Gasteiger partial charge in [0, 0.05) is 12.1 Å². The molecule has 6 heteroatoms. The molecule has 1 aliphatic heterocycles. The van der Waals surface area contributed by atoms with Gasteiger partial charge in [-0.15, -0.1) is 12.4 Å². The van der Waals surface area contributed by atoms with E-state index in [0.717, 1.165) is 23.3 Å². The third-order valence-corrected chi connectivity index (χ3v) is 4.53. The molecule has 0 saturated carbocycles. The zero-order chi connectivity index (χ0) is 17.6. The predicted octanol–water partition coefficient (Wildman–Crippen LogP) is 2.83. The van der Waals surface area contributed by atoms with Crippen molar-refractivity contribution in [3.05, 3.63) is 65.7 Å². The smallest absolute Gasteiger partial charge is 0.249 e. The molecule has 2 aromatic carbocycles. The second kappa shape index (κ2) is 9.57. The largest absolute Gasteiger partial charge is 0.496 e. The fourth-order valence-electron chi connectivity index (χ4n) is 3.20. The van der Waals surface area contributed by atoms with Gasteiger partial charge in [0.15, 0.2) is 0 Å². The van der Waals surface area contributed by atoms with E-state index in [4.69, 9.17) is 15.2 Å². The highest BCUT2D eigenvalue weighted by atomic mass is 35.5. The summed E-state index contributed by atoms with van der Waals surface area (Å²) in [5.41, 5.74) is 7.55. The van der Waals surface area contributed by atoms with E-state index < -0.39 is 6.10 Å². The highest BCUT2D eigenvalue weighted by Crippen LogP contribution is 2.30. The molecule has 3 atom stereocenters. The fraction of sp³-hybridized carbons (Fsp3) is 0.350. The minimum Gasteiger partial charge on any atom is -0.496 e. The van der Waals surface area contributed by atoms with Crippen LogP contribution in [0.3, 0.4) is 0 Å². The number of benzene rings is 2. The Morgan fingerprint density at radius 3 is 2.54 bits per heavy atom. The Labute approximate surface area is 160 Å². The van der Waals surface area contributed by atoms with Crippen molar-refractivity contribution in [1.82, 2.24) is 5.32 Å². The summed E-state index contributed by atoms with van der Waals surface area (Å²) in [5, 5.41) is 3.13. The van der Waals surface area contributed by atoms with Crippen LogP contribution in [0.15, 0.2) is 54.6 Å². The summed E-state index contributed by atoms with van der Waals surface area (Å²) < 4.78 is 11.2. The molecule has 5 nitrogen and oxygen atoms in total. The third kappa shape index (κ3) is 4.55. The highest BCUT2D eigenvalue weighted by Gasteiger charge is 2.32. The monoisotopic (exact) mass is 376 g/mol. The number of carbonyl (C=O) groups is 1.